The molecule has 24 heavy (non-hydrogen) atoms. The van der Waals surface area contributed by atoms with Crippen molar-refractivity contribution in [2.75, 3.05) is 0 Å². The van der Waals surface area contributed by atoms with Gasteiger partial charge in [-0.25, -0.2) is 0 Å². The number of allylic oxidation sites excluding steroid dienone is 3. The smallest absolute Gasteiger partial charge is 0.307 e. The Kier molecular flexibility index (Phi) is 11.8. The average molecular weight is 421 g/mol. The maximum atomic E-state index is 6.36. The van der Waals surface area contributed by atoms with Gasteiger partial charge in [-0.1, -0.05) is 18.2 Å². The minimum absolute atomic E-state index is 0.769. The molecule has 0 aliphatic carbocycles. The van der Waals surface area contributed by atoms with Gasteiger partial charge in [0.15, 0.2) is 16.6 Å². The van der Waals surface area contributed by atoms with Crippen molar-refractivity contribution in [1.29, 1.82) is 0 Å². The Hall–Kier alpha value is 0.144. The van der Waals surface area contributed by atoms with E-state index >= 15 is 0 Å². The summed E-state index contributed by atoms with van der Waals surface area (Å²) in [5.41, 5.74) is 0. The van der Waals surface area contributed by atoms with Gasteiger partial charge in [0.25, 0.3) is 0 Å². The molecule has 2 unspecified atom stereocenters. The second kappa shape index (κ2) is 11.7. The standard InChI is InChI=1S/C15H36O4Si5/c1-10-13-20(16-21(14-11-2)18-23(4,5)6)17-22(15-12-3)19-24(7,8)9/h10-12,20-22H,1-3,13-15H2,4-9H3. The molecule has 0 aromatic rings. The Bertz CT molecular complexity index is 360. The van der Waals surface area contributed by atoms with Crippen LogP contribution in [-0.2, 0) is 16.5 Å². The molecule has 0 aromatic heterocycles. The topological polar surface area (TPSA) is 36.9 Å². The molecule has 0 heterocycles. The van der Waals surface area contributed by atoms with E-state index in [9.17, 15) is 0 Å². The van der Waals surface area contributed by atoms with Crippen LogP contribution in [0.1, 0.15) is 0 Å². The van der Waals surface area contributed by atoms with Crippen molar-refractivity contribution in [3.05, 3.63) is 38.0 Å². The van der Waals surface area contributed by atoms with Crippen molar-refractivity contribution in [2.24, 2.45) is 0 Å². The highest BCUT2D eigenvalue weighted by Gasteiger charge is 2.30. The van der Waals surface area contributed by atoms with Crippen LogP contribution in [-0.4, -0.2) is 44.5 Å². The van der Waals surface area contributed by atoms with E-state index in [0.717, 1.165) is 18.1 Å². The second-order valence-corrected chi connectivity index (χ2v) is 24.1. The molecule has 0 aliphatic heterocycles. The Morgan fingerprint density at radius 1 is 0.625 bits per heavy atom. The average Bonchev–Trinajstić information content (AvgIpc) is 2.35. The molecule has 0 saturated carbocycles. The molecule has 0 amide bonds. The quantitative estimate of drug-likeness (QED) is 0.315. The number of rotatable bonds is 14. The van der Waals surface area contributed by atoms with Crippen LogP contribution in [0.2, 0.25) is 57.4 Å². The van der Waals surface area contributed by atoms with Gasteiger partial charge in [-0.15, -0.1) is 19.7 Å². The number of hydrogen-bond acceptors (Lipinski definition) is 4. The first-order chi connectivity index (χ1) is 11.0. The van der Waals surface area contributed by atoms with Crippen LogP contribution >= 0.6 is 0 Å². The summed E-state index contributed by atoms with van der Waals surface area (Å²) in [6, 6.07) is 2.37. The van der Waals surface area contributed by atoms with Gasteiger partial charge in [0.2, 0.25) is 0 Å². The summed E-state index contributed by atoms with van der Waals surface area (Å²) in [4.78, 5) is 0. The van der Waals surface area contributed by atoms with Gasteiger partial charge in [-0.2, -0.15) is 0 Å². The lowest BCUT2D eigenvalue weighted by atomic mass is 10.8. The zero-order chi connectivity index (χ0) is 18.8. The SMILES string of the molecule is C=CC[SiH](O[SiH](CC=C)O[Si](C)(C)C)O[SiH](CC=C)O[Si](C)(C)C. The van der Waals surface area contributed by atoms with Crippen LogP contribution in [0.4, 0.5) is 0 Å². The molecule has 0 rings (SSSR count). The van der Waals surface area contributed by atoms with Crippen molar-refractivity contribution < 1.29 is 16.5 Å². The molecule has 140 valence electrons. The van der Waals surface area contributed by atoms with Crippen molar-refractivity contribution in [2.45, 2.75) is 57.4 Å². The lowest BCUT2D eigenvalue weighted by Gasteiger charge is -2.31. The highest BCUT2D eigenvalue weighted by molar-refractivity contribution is 6.79. The summed E-state index contributed by atoms with van der Waals surface area (Å²) in [7, 11) is -8.76. The summed E-state index contributed by atoms with van der Waals surface area (Å²) >= 11 is 0. The second-order valence-electron chi connectivity index (χ2n) is 7.59. The predicted molar refractivity (Wildman–Crippen MR) is 117 cm³/mol. The summed E-state index contributed by atoms with van der Waals surface area (Å²) in [5.74, 6) is 0. The van der Waals surface area contributed by atoms with Gasteiger partial charge >= 0.3 is 27.9 Å². The van der Waals surface area contributed by atoms with Gasteiger partial charge in [0, 0.05) is 18.1 Å². The fourth-order valence-electron chi connectivity index (χ4n) is 1.94. The molecule has 0 saturated heterocycles. The summed E-state index contributed by atoms with van der Waals surface area (Å²) in [5, 5.41) is 0. The first-order valence-corrected chi connectivity index (χ1v) is 20.6. The van der Waals surface area contributed by atoms with E-state index in [1.807, 2.05) is 18.2 Å². The summed E-state index contributed by atoms with van der Waals surface area (Å²) in [6.07, 6.45) is 5.68. The van der Waals surface area contributed by atoms with Crippen LogP contribution < -0.4 is 0 Å². The monoisotopic (exact) mass is 420 g/mol. The van der Waals surface area contributed by atoms with E-state index in [-0.39, 0.29) is 0 Å². The van der Waals surface area contributed by atoms with Crippen LogP contribution in [0, 0.1) is 0 Å². The lowest BCUT2D eigenvalue weighted by Crippen LogP contribution is -2.45. The van der Waals surface area contributed by atoms with Gasteiger partial charge in [0.05, 0.1) is 0 Å². The van der Waals surface area contributed by atoms with Gasteiger partial charge in [-0.05, 0) is 39.3 Å². The maximum absolute atomic E-state index is 6.36. The van der Waals surface area contributed by atoms with Gasteiger partial charge in [-0.3, -0.25) is 0 Å². The molecule has 2 atom stereocenters. The molecule has 0 bridgehead atoms. The van der Waals surface area contributed by atoms with Crippen molar-refractivity contribution in [1.82, 2.24) is 0 Å². The molecule has 0 aromatic carbocycles. The third-order valence-corrected chi connectivity index (χ3v) is 17.4. The van der Waals surface area contributed by atoms with Crippen LogP contribution in [0.5, 0.6) is 0 Å². The van der Waals surface area contributed by atoms with Gasteiger partial charge in [0.1, 0.15) is 0 Å². The molecule has 0 aliphatic rings. The molecule has 0 N–H and O–H groups in total. The van der Waals surface area contributed by atoms with E-state index < -0.39 is 44.5 Å². The van der Waals surface area contributed by atoms with Crippen LogP contribution in [0.3, 0.4) is 0 Å². The minimum Gasteiger partial charge on any atom is -0.439 e. The Balaban J connectivity index is 4.97. The highest BCUT2D eigenvalue weighted by atomic mass is 28.5. The van der Waals surface area contributed by atoms with Crippen molar-refractivity contribution in [3.63, 3.8) is 0 Å². The zero-order valence-corrected chi connectivity index (χ0v) is 21.8. The molecule has 0 radical (unpaired) electrons. The summed E-state index contributed by atoms with van der Waals surface area (Å²) < 4.78 is 25.3. The molecule has 0 fully saturated rings. The van der Waals surface area contributed by atoms with Crippen molar-refractivity contribution >= 4 is 44.5 Å². The fourth-order valence-corrected chi connectivity index (χ4v) is 16.6. The minimum atomic E-state index is -1.89. The summed E-state index contributed by atoms with van der Waals surface area (Å²) in [6.45, 7) is 24.7. The normalized spacial score (nSPS) is 16.2. The molecule has 0 spiro atoms. The third kappa shape index (κ3) is 13.4. The van der Waals surface area contributed by atoms with Crippen molar-refractivity contribution in [3.8, 4) is 0 Å². The first-order valence-electron chi connectivity index (χ1n) is 8.50. The first kappa shape index (κ1) is 24.1. The van der Waals surface area contributed by atoms with E-state index in [1.165, 1.54) is 0 Å². The largest absolute Gasteiger partial charge is 0.439 e. The molecular formula is C15H36O4Si5. The number of hydrogen-bond donors (Lipinski definition) is 0. The fraction of sp³-hybridized carbons (Fsp3) is 0.600. The molecule has 9 heteroatoms. The van der Waals surface area contributed by atoms with Crippen LogP contribution in [0.15, 0.2) is 38.0 Å². The third-order valence-electron chi connectivity index (χ3n) is 2.65. The Morgan fingerprint density at radius 3 is 1.17 bits per heavy atom. The lowest BCUT2D eigenvalue weighted by molar-refractivity contribution is 0.341. The maximum Gasteiger partial charge on any atom is 0.307 e. The van der Waals surface area contributed by atoms with E-state index in [1.54, 1.807) is 0 Å². The Labute approximate surface area is 156 Å². The molecule has 4 nitrogen and oxygen atoms in total. The highest BCUT2D eigenvalue weighted by Crippen LogP contribution is 2.16. The molecular weight excluding hydrogens is 385 g/mol. The van der Waals surface area contributed by atoms with E-state index in [2.05, 4.69) is 59.0 Å². The van der Waals surface area contributed by atoms with E-state index in [4.69, 9.17) is 16.5 Å². The van der Waals surface area contributed by atoms with Gasteiger partial charge < -0.3 is 16.5 Å². The zero-order valence-electron chi connectivity index (χ0n) is 16.3. The van der Waals surface area contributed by atoms with E-state index in [0.29, 0.717) is 0 Å². The Morgan fingerprint density at radius 2 is 0.917 bits per heavy atom. The van der Waals surface area contributed by atoms with Crippen LogP contribution in [0.25, 0.3) is 0 Å². The predicted octanol–water partition coefficient (Wildman–Crippen LogP) is 3.94.